The molecule has 2 aromatic carbocycles. The topological polar surface area (TPSA) is 50.4 Å². The molecule has 0 radical (unpaired) electrons. The van der Waals surface area contributed by atoms with Crippen molar-refractivity contribution < 1.29 is 9.53 Å². The molecular formula is C20H24N2O2S2. The number of ether oxygens (including phenoxy) is 1. The molecule has 4 nitrogen and oxygen atoms in total. The molecule has 6 heteroatoms. The zero-order valence-corrected chi connectivity index (χ0v) is 16.7. The van der Waals surface area contributed by atoms with E-state index in [0.717, 1.165) is 23.7 Å². The van der Waals surface area contributed by atoms with E-state index in [9.17, 15) is 4.79 Å². The highest BCUT2D eigenvalue weighted by molar-refractivity contribution is 7.98. The van der Waals surface area contributed by atoms with Gasteiger partial charge in [-0.2, -0.15) is 11.8 Å². The summed E-state index contributed by atoms with van der Waals surface area (Å²) in [4.78, 5) is 11.8. The van der Waals surface area contributed by atoms with E-state index in [1.807, 2.05) is 17.8 Å². The van der Waals surface area contributed by atoms with Gasteiger partial charge in [0.2, 0.25) is 0 Å². The number of carbonyl (C=O) groups is 1. The maximum Gasteiger partial charge on any atom is 0.338 e. The summed E-state index contributed by atoms with van der Waals surface area (Å²) in [5, 5.41) is 6.83. The molecule has 0 saturated carbocycles. The molecule has 26 heavy (non-hydrogen) atoms. The predicted octanol–water partition coefficient (Wildman–Crippen LogP) is 4.39. The minimum atomic E-state index is -0.331. The standard InChI is InChI=1S/C20H24N2O2S2/c1-3-24-19(23)16-9-6-10-18(13-16)22-20(25)21-11-12-26-14-17-8-5-4-7-15(17)2/h4-10,13H,3,11-12,14H2,1-2H3,(H2,21,22,25). The maximum atomic E-state index is 11.8. The van der Waals surface area contributed by atoms with Gasteiger partial charge in [-0.05, 0) is 55.4 Å². The number of benzene rings is 2. The van der Waals surface area contributed by atoms with Crippen LogP contribution in [0.15, 0.2) is 48.5 Å². The Labute approximate surface area is 164 Å². The molecular weight excluding hydrogens is 364 g/mol. The average Bonchev–Trinajstić information content (AvgIpc) is 2.63. The first-order valence-corrected chi connectivity index (χ1v) is 10.1. The Hall–Kier alpha value is -2.05. The molecule has 0 bridgehead atoms. The third-order valence-corrected chi connectivity index (χ3v) is 4.94. The van der Waals surface area contributed by atoms with Gasteiger partial charge in [0.25, 0.3) is 0 Å². The minimum Gasteiger partial charge on any atom is -0.462 e. The highest BCUT2D eigenvalue weighted by Gasteiger charge is 2.07. The number of thiocarbonyl (C=S) groups is 1. The first-order valence-electron chi connectivity index (χ1n) is 8.54. The second-order valence-corrected chi connectivity index (χ2v) is 7.17. The van der Waals surface area contributed by atoms with Crippen molar-refractivity contribution in [2.45, 2.75) is 19.6 Å². The summed E-state index contributed by atoms with van der Waals surface area (Å²) in [7, 11) is 0. The molecule has 138 valence electrons. The largest absolute Gasteiger partial charge is 0.462 e. The SMILES string of the molecule is CCOC(=O)c1cccc(NC(=S)NCCSCc2ccccc2C)c1. The lowest BCUT2D eigenvalue weighted by atomic mass is 10.1. The van der Waals surface area contributed by atoms with Crippen LogP contribution in [0.2, 0.25) is 0 Å². The van der Waals surface area contributed by atoms with Gasteiger partial charge in [-0.25, -0.2) is 4.79 Å². The number of thioether (sulfide) groups is 1. The van der Waals surface area contributed by atoms with Crippen molar-refractivity contribution in [1.82, 2.24) is 5.32 Å². The van der Waals surface area contributed by atoms with Gasteiger partial charge in [-0.15, -0.1) is 0 Å². The van der Waals surface area contributed by atoms with Gasteiger partial charge in [0.1, 0.15) is 0 Å². The number of esters is 1. The normalized spacial score (nSPS) is 10.2. The second kappa shape index (κ2) is 10.8. The van der Waals surface area contributed by atoms with Crippen LogP contribution in [0.4, 0.5) is 5.69 Å². The third kappa shape index (κ3) is 6.69. The van der Waals surface area contributed by atoms with Crippen molar-refractivity contribution in [3.8, 4) is 0 Å². The van der Waals surface area contributed by atoms with E-state index in [1.54, 1.807) is 25.1 Å². The minimum absolute atomic E-state index is 0.331. The van der Waals surface area contributed by atoms with Crippen molar-refractivity contribution in [2.24, 2.45) is 0 Å². The van der Waals surface area contributed by atoms with Crippen LogP contribution in [0.5, 0.6) is 0 Å². The van der Waals surface area contributed by atoms with Crippen molar-refractivity contribution in [1.29, 1.82) is 0 Å². The van der Waals surface area contributed by atoms with E-state index in [-0.39, 0.29) is 5.97 Å². The first kappa shape index (κ1) is 20.3. The number of rotatable bonds is 8. The molecule has 2 rings (SSSR count). The number of carbonyl (C=O) groups excluding carboxylic acids is 1. The highest BCUT2D eigenvalue weighted by atomic mass is 32.2. The molecule has 0 aliphatic heterocycles. The van der Waals surface area contributed by atoms with E-state index >= 15 is 0 Å². The molecule has 0 aromatic heterocycles. The first-order chi connectivity index (χ1) is 12.6. The van der Waals surface area contributed by atoms with Crippen molar-refractivity contribution >= 4 is 40.7 Å². The lowest BCUT2D eigenvalue weighted by molar-refractivity contribution is 0.0526. The molecule has 0 amide bonds. The Balaban J connectivity index is 1.71. The summed E-state index contributed by atoms with van der Waals surface area (Å²) in [5.41, 5.74) is 3.97. The van der Waals surface area contributed by atoms with Crippen molar-refractivity contribution in [3.05, 3.63) is 65.2 Å². The van der Waals surface area contributed by atoms with E-state index in [0.29, 0.717) is 17.3 Å². The van der Waals surface area contributed by atoms with Gasteiger partial charge < -0.3 is 15.4 Å². The Bertz CT molecular complexity index is 750. The number of hydrogen-bond donors (Lipinski definition) is 2. The zero-order chi connectivity index (χ0) is 18.8. The maximum absolute atomic E-state index is 11.8. The van der Waals surface area contributed by atoms with Crippen LogP contribution in [-0.4, -0.2) is 30.0 Å². The van der Waals surface area contributed by atoms with E-state index < -0.39 is 0 Å². The van der Waals surface area contributed by atoms with Gasteiger partial charge in [0, 0.05) is 23.7 Å². The molecule has 0 fully saturated rings. The van der Waals surface area contributed by atoms with Crippen molar-refractivity contribution in [2.75, 3.05) is 24.2 Å². The summed E-state index contributed by atoms with van der Waals surface area (Å²) in [6.07, 6.45) is 0. The highest BCUT2D eigenvalue weighted by Crippen LogP contribution is 2.15. The summed E-state index contributed by atoms with van der Waals surface area (Å²) >= 11 is 7.18. The fourth-order valence-electron chi connectivity index (χ4n) is 2.30. The molecule has 0 heterocycles. The molecule has 0 saturated heterocycles. The van der Waals surface area contributed by atoms with Crippen LogP contribution in [-0.2, 0) is 10.5 Å². The van der Waals surface area contributed by atoms with E-state index in [4.69, 9.17) is 17.0 Å². The fourth-order valence-corrected chi connectivity index (χ4v) is 3.46. The van der Waals surface area contributed by atoms with Crippen LogP contribution in [0.25, 0.3) is 0 Å². The van der Waals surface area contributed by atoms with Gasteiger partial charge in [0.15, 0.2) is 5.11 Å². The van der Waals surface area contributed by atoms with Crippen LogP contribution in [0.3, 0.4) is 0 Å². The number of aryl methyl sites for hydroxylation is 1. The Morgan fingerprint density at radius 1 is 1.19 bits per heavy atom. The number of nitrogens with one attached hydrogen (secondary N) is 2. The smallest absolute Gasteiger partial charge is 0.338 e. The van der Waals surface area contributed by atoms with Crippen LogP contribution in [0.1, 0.15) is 28.4 Å². The summed E-state index contributed by atoms with van der Waals surface area (Å²) < 4.78 is 5.01. The molecule has 0 atom stereocenters. The summed E-state index contributed by atoms with van der Waals surface area (Å²) in [5.74, 6) is 1.62. The monoisotopic (exact) mass is 388 g/mol. The van der Waals surface area contributed by atoms with Gasteiger partial charge in [-0.1, -0.05) is 30.3 Å². The van der Waals surface area contributed by atoms with Gasteiger partial charge in [-0.3, -0.25) is 0 Å². The zero-order valence-electron chi connectivity index (χ0n) is 15.1. The summed E-state index contributed by atoms with van der Waals surface area (Å²) in [6, 6.07) is 15.6. The van der Waals surface area contributed by atoms with Crippen LogP contribution < -0.4 is 10.6 Å². The number of hydrogen-bond acceptors (Lipinski definition) is 4. The Morgan fingerprint density at radius 2 is 2.00 bits per heavy atom. The van der Waals surface area contributed by atoms with E-state index in [2.05, 4.69) is 41.8 Å². The molecule has 0 spiro atoms. The van der Waals surface area contributed by atoms with E-state index in [1.165, 1.54) is 11.1 Å². The lowest BCUT2D eigenvalue weighted by Gasteiger charge is -2.11. The average molecular weight is 389 g/mol. The predicted molar refractivity (Wildman–Crippen MR) is 114 cm³/mol. The quantitative estimate of drug-likeness (QED) is 0.397. The molecule has 0 aliphatic carbocycles. The second-order valence-electron chi connectivity index (χ2n) is 5.66. The number of anilines is 1. The Kier molecular flexibility index (Phi) is 8.44. The molecule has 0 unspecified atom stereocenters. The summed E-state index contributed by atoms with van der Waals surface area (Å²) in [6.45, 7) is 5.06. The fraction of sp³-hybridized carbons (Fsp3) is 0.300. The molecule has 2 aromatic rings. The van der Waals surface area contributed by atoms with Crippen LogP contribution >= 0.6 is 24.0 Å². The lowest BCUT2D eigenvalue weighted by Crippen LogP contribution is -2.30. The molecule has 0 aliphatic rings. The van der Waals surface area contributed by atoms with Crippen LogP contribution in [0, 0.1) is 6.92 Å². The molecule has 2 N–H and O–H groups in total. The van der Waals surface area contributed by atoms with Gasteiger partial charge >= 0.3 is 5.97 Å². The Morgan fingerprint density at radius 3 is 2.77 bits per heavy atom. The van der Waals surface area contributed by atoms with Gasteiger partial charge in [0.05, 0.1) is 12.2 Å². The third-order valence-electron chi connectivity index (χ3n) is 3.68. The van der Waals surface area contributed by atoms with Crippen molar-refractivity contribution in [3.63, 3.8) is 0 Å².